The van der Waals surface area contributed by atoms with Crippen LogP contribution in [0.15, 0.2) is 97.3 Å². The Bertz CT molecular complexity index is 1230. The topological polar surface area (TPSA) is 78.4 Å². The standard InChI is InChI=1S/C29H24N2O4/c32-25(34-21-9-3-1-4-10-21)15-17-29(18-16-26(33)35-22-11-5-2-6-12-22)23-13-7-19-30-27(23)28-24(29)14-8-20-31-28/h1-14,19-20H,15-18H2. The summed E-state index contributed by atoms with van der Waals surface area (Å²) in [6.07, 6.45) is 4.72. The van der Waals surface area contributed by atoms with Gasteiger partial charge in [0.15, 0.2) is 0 Å². The van der Waals surface area contributed by atoms with Gasteiger partial charge in [-0.25, -0.2) is 0 Å². The van der Waals surface area contributed by atoms with Crippen LogP contribution in [-0.4, -0.2) is 21.9 Å². The number of esters is 2. The van der Waals surface area contributed by atoms with Crippen LogP contribution < -0.4 is 9.47 Å². The third-order valence-electron chi connectivity index (χ3n) is 6.33. The highest BCUT2D eigenvalue weighted by Gasteiger charge is 2.45. The molecule has 0 radical (unpaired) electrons. The van der Waals surface area contributed by atoms with Gasteiger partial charge in [-0.05, 0) is 60.4 Å². The molecular weight excluding hydrogens is 440 g/mol. The molecule has 1 aliphatic rings. The maximum atomic E-state index is 12.8. The molecule has 0 aliphatic heterocycles. The van der Waals surface area contributed by atoms with Crippen molar-refractivity contribution in [3.8, 4) is 22.9 Å². The predicted octanol–water partition coefficient (Wildman–Crippen LogP) is 5.51. The monoisotopic (exact) mass is 464 g/mol. The number of carbonyl (C=O) groups is 2. The van der Waals surface area contributed by atoms with E-state index in [0.717, 1.165) is 22.5 Å². The molecule has 1 aliphatic carbocycles. The van der Waals surface area contributed by atoms with E-state index in [2.05, 4.69) is 9.97 Å². The first-order valence-electron chi connectivity index (χ1n) is 11.6. The van der Waals surface area contributed by atoms with Gasteiger partial charge >= 0.3 is 11.9 Å². The van der Waals surface area contributed by atoms with E-state index in [1.807, 2.05) is 60.7 Å². The highest BCUT2D eigenvalue weighted by Crippen LogP contribution is 2.52. The Morgan fingerprint density at radius 2 is 1.03 bits per heavy atom. The molecule has 0 amide bonds. The van der Waals surface area contributed by atoms with Crippen LogP contribution in [0.4, 0.5) is 0 Å². The second kappa shape index (κ2) is 9.89. The van der Waals surface area contributed by atoms with Gasteiger partial charge in [0.2, 0.25) is 0 Å². The zero-order valence-electron chi connectivity index (χ0n) is 19.1. The van der Waals surface area contributed by atoms with Crippen LogP contribution in [0.3, 0.4) is 0 Å². The second-order valence-corrected chi connectivity index (χ2v) is 8.46. The fourth-order valence-corrected chi connectivity index (χ4v) is 4.74. The third kappa shape index (κ3) is 4.68. The molecule has 0 saturated carbocycles. The van der Waals surface area contributed by atoms with E-state index in [0.29, 0.717) is 24.3 Å². The number of fused-ring (bicyclic) bond motifs is 3. The lowest BCUT2D eigenvalue weighted by atomic mass is 9.72. The molecule has 2 aromatic heterocycles. The normalized spacial score (nSPS) is 12.9. The van der Waals surface area contributed by atoms with Crippen molar-refractivity contribution in [3.63, 3.8) is 0 Å². The molecule has 0 atom stereocenters. The van der Waals surface area contributed by atoms with E-state index < -0.39 is 5.41 Å². The van der Waals surface area contributed by atoms with Crippen LogP contribution in [0, 0.1) is 0 Å². The Morgan fingerprint density at radius 1 is 0.600 bits per heavy atom. The average Bonchev–Trinajstić information content (AvgIpc) is 3.18. The number of pyridine rings is 2. The highest BCUT2D eigenvalue weighted by atomic mass is 16.5. The van der Waals surface area contributed by atoms with E-state index in [9.17, 15) is 9.59 Å². The summed E-state index contributed by atoms with van der Waals surface area (Å²) in [6, 6.07) is 25.8. The molecule has 0 N–H and O–H groups in total. The van der Waals surface area contributed by atoms with Gasteiger partial charge in [-0.1, -0.05) is 48.5 Å². The number of nitrogens with zero attached hydrogens (tertiary/aromatic N) is 2. The molecule has 5 rings (SSSR count). The molecule has 6 heteroatoms. The number of aromatic nitrogens is 2. The van der Waals surface area contributed by atoms with Crippen molar-refractivity contribution in [2.45, 2.75) is 31.1 Å². The molecule has 0 fully saturated rings. The number of benzene rings is 2. The largest absolute Gasteiger partial charge is 0.427 e. The van der Waals surface area contributed by atoms with E-state index in [-0.39, 0.29) is 24.8 Å². The Hall–Kier alpha value is -4.32. The van der Waals surface area contributed by atoms with Crippen LogP contribution in [0.25, 0.3) is 11.4 Å². The first-order valence-corrected chi connectivity index (χ1v) is 11.6. The van der Waals surface area contributed by atoms with E-state index in [4.69, 9.17) is 9.47 Å². The molecule has 2 heterocycles. The van der Waals surface area contributed by atoms with Crippen molar-refractivity contribution < 1.29 is 19.1 Å². The minimum Gasteiger partial charge on any atom is -0.427 e. The minimum absolute atomic E-state index is 0.172. The van der Waals surface area contributed by atoms with Gasteiger partial charge in [0.1, 0.15) is 11.5 Å². The van der Waals surface area contributed by atoms with Gasteiger partial charge < -0.3 is 9.47 Å². The molecule has 0 saturated heterocycles. The molecule has 0 spiro atoms. The van der Waals surface area contributed by atoms with E-state index >= 15 is 0 Å². The molecule has 4 aromatic rings. The maximum absolute atomic E-state index is 12.8. The van der Waals surface area contributed by atoms with Gasteiger partial charge in [-0.15, -0.1) is 0 Å². The zero-order valence-corrected chi connectivity index (χ0v) is 19.1. The van der Waals surface area contributed by atoms with Gasteiger partial charge in [0, 0.05) is 30.7 Å². The number of para-hydroxylation sites is 2. The number of carbonyl (C=O) groups excluding carboxylic acids is 2. The first kappa shape index (κ1) is 22.5. The first-order chi connectivity index (χ1) is 17.2. The third-order valence-corrected chi connectivity index (χ3v) is 6.33. The Kier molecular flexibility index (Phi) is 6.35. The number of rotatable bonds is 8. The summed E-state index contributed by atoms with van der Waals surface area (Å²) in [5.41, 5.74) is 2.90. The summed E-state index contributed by atoms with van der Waals surface area (Å²) in [4.78, 5) is 34.7. The van der Waals surface area contributed by atoms with Crippen molar-refractivity contribution in [2.24, 2.45) is 0 Å². The molecule has 35 heavy (non-hydrogen) atoms. The molecule has 0 unspecified atom stereocenters. The van der Waals surface area contributed by atoms with Crippen molar-refractivity contribution in [1.29, 1.82) is 0 Å². The average molecular weight is 465 g/mol. The Balaban J connectivity index is 1.42. The fraction of sp³-hybridized carbons (Fsp3) is 0.172. The van der Waals surface area contributed by atoms with Gasteiger partial charge in [0.25, 0.3) is 0 Å². The van der Waals surface area contributed by atoms with Crippen LogP contribution >= 0.6 is 0 Å². The van der Waals surface area contributed by atoms with E-state index in [1.54, 1.807) is 36.7 Å². The van der Waals surface area contributed by atoms with Crippen molar-refractivity contribution in [1.82, 2.24) is 9.97 Å². The van der Waals surface area contributed by atoms with Crippen molar-refractivity contribution in [2.75, 3.05) is 0 Å². The smallest absolute Gasteiger partial charge is 0.311 e. The fourth-order valence-electron chi connectivity index (χ4n) is 4.74. The molecule has 0 bridgehead atoms. The Labute approximate surface area is 203 Å². The van der Waals surface area contributed by atoms with Gasteiger partial charge in [-0.3, -0.25) is 19.6 Å². The van der Waals surface area contributed by atoms with Crippen LogP contribution in [0.5, 0.6) is 11.5 Å². The number of hydrogen-bond donors (Lipinski definition) is 0. The van der Waals surface area contributed by atoms with Crippen LogP contribution in [0.2, 0.25) is 0 Å². The summed E-state index contributed by atoms with van der Waals surface area (Å²) in [5, 5.41) is 0. The minimum atomic E-state index is -0.612. The van der Waals surface area contributed by atoms with Gasteiger partial charge in [-0.2, -0.15) is 0 Å². The highest BCUT2D eigenvalue weighted by molar-refractivity contribution is 5.78. The summed E-state index contributed by atoms with van der Waals surface area (Å²) in [7, 11) is 0. The van der Waals surface area contributed by atoms with Crippen molar-refractivity contribution >= 4 is 11.9 Å². The summed E-state index contributed by atoms with van der Waals surface area (Å²) in [5.74, 6) is 0.359. The number of hydrogen-bond acceptors (Lipinski definition) is 6. The van der Waals surface area contributed by atoms with Crippen LogP contribution in [-0.2, 0) is 15.0 Å². The lowest BCUT2D eigenvalue weighted by Crippen LogP contribution is -2.29. The molecule has 174 valence electrons. The predicted molar refractivity (Wildman–Crippen MR) is 131 cm³/mol. The summed E-state index contributed by atoms with van der Waals surface area (Å²) < 4.78 is 11.1. The maximum Gasteiger partial charge on any atom is 0.311 e. The summed E-state index contributed by atoms with van der Waals surface area (Å²) in [6.45, 7) is 0. The lowest BCUT2D eigenvalue weighted by Gasteiger charge is -2.31. The quantitative estimate of drug-likeness (QED) is 0.253. The molecule has 2 aromatic carbocycles. The SMILES string of the molecule is O=C(CCC1(CCC(=O)Oc2ccccc2)c2cccnc2-c2ncccc21)Oc1ccccc1. The van der Waals surface area contributed by atoms with Gasteiger partial charge in [0.05, 0.1) is 11.4 Å². The van der Waals surface area contributed by atoms with Crippen LogP contribution in [0.1, 0.15) is 36.8 Å². The van der Waals surface area contributed by atoms with Crippen molar-refractivity contribution in [3.05, 3.63) is 108 Å². The zero-order chi connectivity index (χ0) is 24.1. The number of ether oxygens (including phenoxy) is 2. The summed E-state index contributed by atoms with van der Waals surface area (Å²) >= 11 is 0. The lowest BCUT2D eigenvalue weighted by molar-refractivity contribution is -0.134. The van der Waals surface area contributed by atoms with E-state index in [1.165, 1.54) is 0 Å². The second-order valence-electron chi connectivity index (χ2n) is 8.46. The molecule has 6 nitrogen and oxygen atoms in total. The Morgan fingerprint density at radius 3 is 1.46 bits per heavy atom. The molecular formula is C29H24N2O4.